The second-order valence-electron chi connectivity index (χ2n) is 4.88. The SMILES string of the molecule is CC(C)(CNS(=O)(=O)c1scnc1C(=O)O)NS(C)(=O)=O. The summed E-state index contributed by atoms with van der Waals surface area (Å²) in [6, 6.07) is 0. The van der Waals surface area contributed by atoms with Crippen LogP contribution in [-0.4, -0.2) is 51.2 Å². The summed E-state index contributed by atoms with van der Waals surface area (Å²) in [6.07, 6.45) is 0.953. The summed E-state index contributed by atoms with van der Waals surface area (Å²) in [5, 5.41) is 8.86. The third-order valence-electron chi connectivity index (χ3n) is 2.15. The van der Waals surface area contributed by atoms with Crippen LogP contribution in [0.25, 0.3) is 0 Å². The van der Waals surface area contributed by atoms with Crippen molar-refractivity contribution in [2.75, 3.05) is 12.8 Å². The van der Waals surface area contributed by atoms with Gasteiger partial charge in [-0.3, -0.25) is 0 Å². The summed E-state index contributed by atoms with van der Waals surface area (Å²) in [5.41, 5.74) is -0.534. The van der Waals surface area contributed by atoms with Gasteiger partial charge in [-0.15, -0.1) is 11.3 Å². The van der Waals surface area contributed by atoms with Gasteiger partial charge in [0.25, 0.3) is 10.0 Å². The van der Waals surface area contributed by atoms with E-state index in [1.165, 1.54) is 13.8 Å². The summed E-state index contributed by atoms with van der Waals surface area (Å²) >= 11 is 0.667. The van der Waals surface area contributed by atoms with Crippen molar-refractivity contribution in [3.8, 4) is 0 Å². The highest BCUT2D eigenvalue weighted by Crippen LogP contribution is 2.20. The van der Waals surface area contributed by atoms with Gasteiger partial charge in [0.2, 0.25) is 10.0 Å². The number of carboxylic acids is 1. The van der Waals surface area contributed by atoms with Crippen LogP contribution in [0.2, 0.25) is 0 Å². The molecule has 0 aliphatic heterocycles. The second kappa shape index (κ2) is 5.96. The van der Waals surface area contributed by atoms with E-state index in [1.807, 2.05) is 0 Å². The molecule has 120 valence electrons. The maximum atomic E-state index is 12.0. The maximum Gasteiger partial charge on any atom is 0.356 e. The third-order valence-corrected chi connectivity index (χ3v) is 5.84. The van der Waals surface area contributed by atoms with E-state index in [1.54, 1.807) is 0 Å². The lowest BCUT2D eigenvalue weighted by atomic mass is 10.1. The van der Waals surface area contributed by atoms with E-state index in [4.69, 9.17) is 5.11 Å². The second-order valence-corrected chi connectivity index (χ2v) is 9.44. The molecule has 1 rings (SSSR count). The van der Waals surface area contributed by atoms with Crippen LogP contribution < -0.4 is 9.44 Å². The van der Waals surface area contributed by atoms with Crippen molar-refractivity contribution >= 4 is 37.4 Å². The molecule has 12 heteroatoms. The van der Waals surface area contributed by atoms with Gasteiger partial charge in [0.1, 0.15) is 0 Å². The Bertz CT molecular complexity index is 735. The molecule has 9 nitrogen and oxygen atoms in total. The number of nitrogens with one attached hydrogen (secondary N) is 2. The predicted molar refractivity (Wildman–Crippen MR) is 76.3 cm³/mol. The molecular formula is C9H15N3O6S3. The van der Waals surface area contributed by atoms with Crippen molar-refractivity contribution in [1.29, 1.82) is 0 Å². The van der Waals surface area contributed by atoms with E-state index in [9.17, 15) is 21.6 Å². The molecule has 1 heterocycles. The van der Waals surface area contributed by atoms with Crippen LogP contribution >= 0.6 is 11.3 Å². The zero-order valence-electron chi connectivity index (χ0n) is 11.4. The van der Waals surface area contributed by atoms with Gasteiger partial charge in [-0.25, -0.2) is 36.1 Å². The minimum Gasteiger partial charge on any atom is -0.476 e. The maximum absolute atomic E-state index is 12.0. The molecule has 21 heavy (non-hydrogen) atoms. The standard InChI is InChI=1S/C9H15N3O6S3/c1-9(2,12-20(3,15)16)4-11-21(17,18)8-6(7(13)14)10-5-19-8/h5,11-12H,4H2,1-3H3,(H,13,14). The van der Waals surface area contributed by atoms with Crippen molar-refractivity contribution in [2.45, 2.75) is 23.6 Å². The number of hydrogen-bond acceptors (Lipinski definition) is 7. The molecule has 0 bridgehead atoms. The van der Waals surface area contributed by atoms with Crippen LogP contribution in [-0.2, 0) is 20.0 Å². The summed E-state index contributed by atoms with van der Waals surface area (Å²) in [5.74, 6) is -1.45. The molecule has 0 amide bonds. The van der Waals surface area contributed by atoms with Crippen LogP contribution in [0.4, 0.5) is 0 Å². The van der Waals surface area contributed by atoms with Gasteiger partial charge in [0, 0.05) is 12.1 Å². The number of aromatic nitrogens is 1. The highest BCUT2D eigenvalue weighted by atomic mass is 32.2. The Morgan fingerprint density at radius 2 is 1.95 bits per heavy atom. The molecule has 0 aliphatic carbocycles. The Kier molecular flexibility index (Phi) is 5.10. The number of nitrogens with zero attached hydrogens (tertiary/aromatic N) is 1. The van der Waals surface area contributed by atoms with Crippen molar-refractivity contribution in [1.82, 2.24) is 14.4 Å². The first-order valence-electron chi connectivity index (χ1n) is 5.49. The van der Waals surface area contributed by atoms with E-state index in [0.29, 0.717) is 11.3 Å². The number of sulfonamides is 2. The van der Waals surface area contributed by atoms with E-state index in [-0.39, 0.29) is 6.54 Å². The Balaban J connectivity index is 2.92. The fraction of sp³-hybridized carbons (Fsp3) is 0.556. The highest BCUT2D eigenvalue weighted by molar-refractivity contribution is 7.91. The van der Waals surface area contributed by atoms with Crippen LogP contribution in [0.1, 0.15) is 24.3 Å². The quantitative estimate of drug-likeness (QED) is 0.594. The monoisotopic (exact) mass is 357 g/mol. The Morgan fingerprint density at radius 3 is 2.43 bits per heavy atom. The lowest BCUT2D eigenvalue weighted by Crippen LogP contribution is -2.50. The topological polar surface area (TPSA) is 143 Å². The smallest absolute Gasteiger partial charge is 0.356 e. The summed E-state index contributed by atoms with van der Waals surface area (Å²) in [6.45, 7) is 2.72. The van der Waals surface area contributed by atoms with Gasteiger partial charge >= 0.3 is 5.97 Å². The van der Waals surface area contributed by atoms with E-state index < -0.39 is 41.5 Å². The molecule has 0 aromatic carbocycles. The molecule has 0 aliphatic rings. The van der Waals surface area contributed by atoms with Gasteiger partial charge in [0.05, 0.1) is 11.8 Å². The molecule has 0 spiro atoms. The zero-order chi connectivity index (χ0) is 16.5. The molecular weight excluding hydrogens is 342 g/mol. The molecule has 0 saturated heterocycles. The first-order chi connectivity index (χ1) is 9.34. The van der Waals surface area contributed by atoms with Crippen molar-refractivity contribution in [2.24, 2.45) is 0 Å². The molecule has 0 radical (unpaired) electrons. The first kappa shape index (κ1) is 18.0. The Labute approximate surface area is 126 Å². The van der Waals surface area contributed by atoms with Crippen molar-refractivity contribution in [3.05, 3.63) is 11.2 Å². The number of carboxylic acid groups (broad SMARTS) is 1. The summed E-state index contributed by atoms with van der Waals surface area (Å²) in [7, 11) is -7.60. The van der Waals surface area contributed by atoms with Gasteiger partial charge in [-0.2, -0.15) is 0 Å². The average molecular weight is 357 g/mol. The lowest BCUT2D eigenvalue weighted by molar-refractivity contribution is 0.0687. The fourth-order valence-corrected chi connectivity index (χ4v) is 4.92. The lowest BCUT2D eigenvalue weighted by Gasteiger charge is -2.25. The van der Waals surface area contributed by atoms with E-state index >= 15 is 0 Å². The average Bonchev–Trinajstić information content (AvgIpc) is 2.73. The van der Waals surface area contributed by atoms with Crippen LogP contribution in [0.3, 0.4) is 0 Å². The Hall–Kier alpha value is -1.08. The minimum atomic E-state index is -4.09. The van der Waals surface area contributed by atoms with Gasteiger partial charge < -0.3 is 5.11 Å². The predicted octanol–water partition coefficient (Wildman–Crippen LogP) is -0.553. The molecule has 0 fully saturated rings. The molecule has 1 aromatic rings. The van der Waals surface area contributed by atoms with E-state index in [2.05, 4.69) is 14.4 Å². The number of rotatable bonds is 7. The first-order valence-corrected chi connectivity index (χ1v) is 9.75. The Morgan fingerprint density at radius 1 is 1.38 bits per heavy atom. The van der Waals surface area contributed by atoms with Gasteiger partial charge in [-0.1, -0.05) is 0 Å². The zero-order valence-corrected chi connectivity index (χ0v) is 13.9. The molecule has 0 saturated carbocycles. The van der Waals surface area contributed by atoms with Crippen LogP contribution in [0, 0.1) is 0 Å². The van der Waals surface area contributed by atoms with Crippen LogP contribution in [0.5, 0.6) is 0 Å². The molecule has 3 N–H and O–H groups in total. The van der Waals surface area contributed by atoms with Crippen LogP contribution in [0.15, 0.2) is 9.72 Å². The van der Waals surface area contributed by atoms with Gasteiger partial charge in [-0.05, 0) is 13.8 Å². The van der Waals surface area contributed by atoms with Crippen molar-refractivity contribution in [3.63, 3.8) is 0 Å². The number of carbonyl (C=O) groups is 1. The van der Waals surface area contributed by atoms with E-state index in [0.717, 1.165) is 11.8 Å². The summed E-state index contributed by atoms with van der Waals surface area (Å²) in [4.78, 5) is 14.4. The number of aromatic carboxylic acids is 1. The summed E-state index contributed by atoms with van der Waals surface area (Å²) < 4.78 is 50.5. The third kappa shape index (κ3) is 5.32. The molecule has 0 unspecified atom stereocenters. The van der Waals surface area contributed by atoms with Crippen molar-refractivity contribution < 1.29 is 26.7 Å². The number of hydrogen-bond donors (Lipinski definition) is 3. The molecule has 1 aromatic heterocycles. The number of thiazole rings is 1. The van der Waals surface area contributed by atoms with Gasteiger partial charge in [0.15, 0.2) is 9.90 Å². The highest BCUT2D eigenvalue weighted by Gasteiger charge is 2.29. The fourth-order valence-electron chi connectivity index (χ4n) is 1.45. The minimum absolute atomic E-state index is 0.251. The molecule has 0 atom stereocenters. The largest absolute Gasteiger partial charge is 0.476 e. The normalized spacial score (nSPS) is 13.3.